The first-order chi connectivity index (χ1) is 12.5. The van der Waals surface area contributed by atoms with E-state index >= 15 is 0 Å². The van der Waals surface area contributed by atoms with E-state index in [1.54, 1.807) is 6.92 Å². The van der Waals surface area contributed by atoms with Gasteiger partial charge in [0.05, 0.1) is 15.9 Å². The van der Waals surface area contributed by atoms with Gasteiger partial charge in [0.2, 0.25) is 0 Å². The molecule has 0 aliphatic rings. The minimum atomic E-state index is -0.678. The van der Waals surface area contributed by atoms with E-state index in [1.165, 1.54) is 12.1 Å². The van der Waals surface area contributed by atoms with Crippen LogP contribution in [-0.4, -0.2) is 15.6 Å². The second-order valence-electron chi connectivity index (χ2n) is 5.53. The predicted octanol–water partition coefficient (Wildman–Crippen LogP) is 4.78. The van der Waals surface area contributed by atoms with Crippen LogP contribution in [0, 0.1) is 20.2 Å². The highest BCUT2D eigenvalue weighted by Gasteiger charge is 2.19. The van der Waals surface area contributed by atoms with Crippen molar-refractivity contribution in [1.29, 1.82) is 0 Å². The summed E-state index contributed by atoms with van der Waals surface area (Å²) in [5.74, 6) is 0. The molecule has 0 aliphatic carbocycles. The zero-order valence-electron chi connectivity index (χ0n) is 14.2. The molecule has 0 amide bonds. The van der Waals surface area contributed by atoms with Crippen molar-refractivity contribution in [3.8, 4) is 0 Å². The predicted molar refractivity (Wildman–Crippen MR) is 101 cm³/mol. The Hall–Kier alpha value is -3.55. The highest BCUT2D eigenvalue weighted by molar-refractivity contribution is 5.83. The molecule has 8 heteroatoms. The molecule has 0 fully saturated rings. The molecule has 134 valence electrons. The van der Waals surface area contributed by atoms with Gasteiger partial charge in [-0.1, -0.05) is 42.5 Å². The molecule has 2 rings (SSSR count). The number of rotatable bonds is 8. The van der Waals surface area contributed by atoms with Gasteiger partial charge >= 0.3 is 5.69 Å². The Morgan fingerprint density at radius 2 is 1.85 bits per heavy atom. The monoisotopic (exact) mass is 354 g/mol. The number of benzene rings is 2. The third-order valence-electron chi connectivity index (χ3n) is 3.54. The van der Waals surface area contributed by atoms with Crippen LogP contribution in [0.1, 0.15) is 25.3 Å². The van der Waals surface area contributed by atoms with Crippen LogP contribution in [0.15, 0.2) is 59.7 Å². The maximum Gasteiger partial charge on any atom is 0.301 e. The van der Waals surface area contributed by atoms with Crippen LogP contribution in [0.5, 0.6) is 0 Å². The molecular weight excluding hydrogens is 336 g/mol. The number of anilines is 1. The van der Waals surface area contributed by atoms with Crippen LogP contribution in [0.3, 0.4) is 0 Å². The lowest BCUT2D eigenvalue weighted by Gasteiger charge is -2.04. The largest absolute Gasteiger partial charge is 0.301 e. The van der Waals surface area contributed by atoms with E-state index in [0.29, 0.717) is 6.42 Å². The zero-order valence-corrected chi connectivity index (χ0v) is 14.2. The summed E-state index contributed by atoms with van der Waals surface area (Å²) >= 11 is 0. The second-order valence-corrected chi connectivity index (χ2v) is 5.53. The molecule has 26 heavy (non-hydrogen) atoms. The summed E-state index contributed by atoms with van der Waals surface area (Å²) in [6, 6.07) is 13.3. The number of non-ortho nitro benzene ring substituents is 1. The molecule has 2 aromatic carbocycles. The lowest BCUT2D eigenvalue weighted by molar-refractivity contribution is -0.393. The Labute approximate surface area is 150 Å². The molecule has 2 aromatic rings. The number of allylic oxidation sites excluding steroid dienone is 1. The zero-order chi connectivity index (χ0) is 18.9. The van der Waals surface area contributed by atoms with Crippen molar-refractivity contribution < 1.29 is 9.85 Å². The van der Waals surface area contributed by atoms with Crippen molar-refractivity contribution in [3.05, 3.63) is 80.4 Å². The van der Waals surface area contributed by atoms with Gasteiger partial charge in [0.25, 0.3) is 5.69 Å². The number of hydrazone groups is 1. The van der Waals surface area contributed by atoms with Crippen LogP contribution in [0.25, 0.3) is 6.08 Å². The smallest absolute Gasteiger partial charge is 0.272 e. The number of nitro groups is 2. The maximum atomic E-state index is 11.1. The lowest BCUT2D eigenvalue weighted by atomic mass is 10.1. The molecular formula is C18H18N4O4. The number of nitro benzene ring substituents is 2. The highest BCUT2D eigenvalue weighted by Crippen LogP contribution is 2.28. The molecule has 0 radical (unpaired) electrons. The standard InChI is InChI=1S/C18H18N4O4/c1-14(7-5-6-10-15-8-3-2-4-9-15)19-20-17-12-11-16(21(23)24)13-18(17)22(25)26/h2-4,6,8-13,20H,5,7H2,1H3/b10-6+,19-14-. The molecule has 0 saturated heterocycles. The molecule has 0 aromatic heterocycles. The van der Waals surface area contributed by atoms with E-state index in [2.05, 4.69) is 10.5 Å². The van der Waals surface area contributed by atoms with Gasteiger partial charge in [0, 0.05) is 11.8 Å². The molecule has 1 N–H and O–H groups in total. The van der Waals surface area contributed by atoms with Gasteiger partial charge in [0.15, 0.2) is 0 Å². The lowest BCUT2D eigenvalue weighted by Crippen LogP contribution is -2.01. The number of hydrogen-bond donors (Lipinski definition) is 1. The first kappa shape index (κ1) is 18.8. The summed E-state index contributed by atoms with van der Waals surface area (Å²) < 4.78 is 0. The third-order valence-corrected chi connectivity index (χ3v) is 3.54. The normalized spacial score (nSPS) is 11.5. The Morgan fingerprint density at radius 1 is 1.12 bits per heavy atom. The number of hydrogen-bond acceptors (Lipinski definition) is 6. The van der Waals surface area contributed by atoms with E-state index in [1.807, 2.05) is 42.5 Å². The van der Waals surface area contributed by atoms with Crippen molar-refractivity contribution in [2.24, 2.45) is 5.10 Å². The quantitative estimate of drug-likeness (QED) is 0.416. The first-order valence-electron chi connectivity index (χ1n) is 7.91. The van der Waals surface area contributed by atoms with E-state index in [4.69, 9.17) is 0 Å². The van der Waals surface area contributed by atoms with Crippen molar-refractivity contribution in [2.75, 3.05) is 5.43 Å². The van der Waals surface area contributed by atoms with Gasteiger partial charge in [-0.05, 0) is 31.4 Å². The highest BCUT2D eigenvalue weighted by atomic mass is 16.6. The van der Waals surface area contributed by atoms with Crippen molar-refractivity contribution in [3.63, 3.8) is 0 Å². The Morgan fingerprint density at radius 3 is 2.50 bits per heavy atom. The average molecular weight is 354 g/mol. The Kier molecular flexibility index (Phi) is 6.55. The molecule has 0 heterocycles. The van der Waals surface area contributed by atoms with Crippen LogP contribution in [0.2, 0.25) is 0 Å². The van der Waals surface area contributed by atoms with Gasteiger partial charge in [0.1, 0.15) is 5.69 Å². The van der Waals surface area contributed by atoms with E-state index in [-0.39, 0.29) is 17.1 Å². The summed E-state index contributed by atoms with van der Waals surface area (Å²) in [6.07, 6.45) is 5.50. The SMILES string of the molecule is C/C(CC/C=C/c1ccccc1)=N/Nc1ccc([N+](=O)[O-])cc1[N+](=O)[O-]. The molecule has 0 spiro atoms. The van der Waals surface area contributed by atoms with Gasteiger partial charge < -0.3 is 0 Å². The van der Waals surface area contributed by atoms with Crippen molar-refractivity contribution in [1.82, 2.24) is 0 Å². The summed E-state index contributed by atoms with van der Waals surface area (Å²) in [4.78, 5) is 20.4. The van der Waals surface area contributed by atoms with Crippen molar-refractivity contribution >= 4 is 28.8 Å². The van der Waals surface area contributed by atoms with Crippen molar-refractivity contribution in [2.45, 2.75) is 19.8 Å². The fourth-order valence-electron chi connectivity index (χ4n) is 2.17. The summed E-state index contributed by atoms with van der Waals surface area (Å²) in [7, 11) is 0. The van der Waals surface area contributed by atoms with Crippen LogP contribution >= 0.6 is 0 Å². The van der Waals surface area contributed by atoms with Crippen LogP contribution in [-0.2, 0) is 0 Å². The van der Waals surface area contributed by atoms with Gasteiger partial charge in [-0.25, -0.2) is 0 Å². The number of nitrogens with zero attached hydrogens (tertiary/aromatic N) is 3. The molecule has 0 unspecified atom stereocenters. The second kappa shape index (κ2) is 9.07. The van der Waals surface area contributed by atoms with E-state index in [9.17, 15) is 20.2 Å². The van der Waals surface area contributed by atoms with Gasteiger partial charge in [-0.15, -0.1) is 0 Å². The summed E-state index contributed by atoms with van der Waals surface area (Å²) in [6.45, 7) is 1.81. The fraction of sp³-hybridized carbons (Fsp3) is 0.167. The Balaban J connectivity index is 1.96. The van der Waals surface area contributed by atoms with Gasteiger partial charge in [-0.3, -0.25) is 25.7 Å². The van der Waals surface area contributed by atoms with Crippen LogP contribution < -0.4 is 5.43 Å². The topological polar surface area (TPSA) is 111 Å². The molecule has 0 atom stereocenters. The fourth-order valence-corrected chi connectivity index (χ4v) is 2.17. The number of nitrogens with one attached hydrogen (secondary N) is 1. The average Bonchev–Trinajstić information content (AvgIpc) is 2.64. The Bertz CT molecular complexity index is 848. The van der Waals surface area contributed by atoms with Crippen LogP contribution in [0.4, 0.5) is 17.1 Å². The van der Waals surface area contributed by atoms with E-state index in [0.717, 1.165) is 23.8 Å². The van der Waals surface area contributed by atoms with Gasteiger partial charge in [-0.2, -0.15) is 5.10 Å². The maximum absolute atomic E-state index is 11.1. The molecule has 8 nitrogen and oxygen atoms in total. The first-order valence-corrected chi connectivity index (χ1v) is 7.91. The third kappa shape index (κ3) is 5.52. The molecule has 0 saturated carbocycles. The summed E-state index contributed by atoms with van der Waals surface area (Å²) in [5.41, 5.74) is 3.87. The minimum absolute atomic E-state index is 0.111. The minimum Gasteiger partial charge on any atom is -0.272 e. The molecule has 0 aliphatic heterocycles. The molecule has 0 bridgehead atoms. The summed E-state index contributed by atoms with van der Waals surface area (Å²) in [5, 5.41) is 25.9. The van der Waals surface area contributed by atoms with E-state index < -0.39 is 9.85 Å².